The lowest BCUT2D eigenvalue weighted by atomic mass is 9.76. The van der Waals surface area contributed by atoms with Crippen molar-refractivity contribution in [2.75, 3.05) is 6.61 Å². The van der Waals surface area contributed by atoms with Crippen molar-refractivity contribution in [1.29, 1.82) is 0 Å². The maximum absolute atomic E-state index is 12.7. The average Bonchev–Trinajstić information content (AvgIpc) is 2.74. The van der Waals surface area contributed by atoms with E-state index < -0.39 is 13.7 Å². The molecule has 0 amide bonds. The van der Waals surface area contributed by atoms with E-state index in [2.05, 4.69) is 88.0 Å². The monoisotopic (exact) mass is 436 g/mol. The first-order chi connectivity index (χ1) is 14.6. The second kappa shape index (κ2) is 9.23. The quantitative estimate of drug-likeness (QED) is 0.458. The molecule has 0 spiro atoms. The van der Waals surface area contributed by atoms with E-state index in [4.69, 9.17) is 9.16 Å². The highest BCUT2D eigenvalue weighted by atomic mass is 28.4. The van der Waals surface area contributed by atoms with Crippen LogP contribution in [0.2, 0.25) is 5.04 Å². The van der Waals surface area contributed by atoms with E-state index >= 15 is 0 Å². The Balaban J connectivity index is 1.93. The van der Waals surface area contributed by atoms with Crippen LogP contribution in [0.1, 0.15) is 47.5 Å². The highest BCUT2D eigenvalue weighted by molar-refractivity contribution is 6.99. The molecule has 1 heterocycles. The number of carbonyl (C=O) groups is 1. The number of hydrogen-bond acceptors (Lipinski definition) is 3. The third-order valence-electron chi connectivity index (χ3n) is 6.63. The van der Waals surface area contributed by atoms with E-state index in [0.717, 1.165) is 0 Å². The third-order valence-corrected chi connectivity index (χ3v) is 11.7. The average molecular weight is 437 g/mol. The summed E-state index contributed by atoms with van der Waals surface area (Å²) in [5.41, 5.74) is -0.520. The SMILES string of the molecule is C=C[C@@H]1CC(=O)C(C)(C)[C@@H](CCO[Si](c2ccccc2)(c2ccccc2)C(C)(C)C)O1. The molecule has 1 saturated heterocycles. The smallest absolute Gasteiger partial charge is 0.261 e. The van der Waals surface area contributed by atoms with E-state index in [1.54, 1.807) is 6.08 Å². The Morgan fingerprint density at radius 2 is 1.58 bits per heavy atom. The molecule has 31 heavy (non-hydrogen) atoms. The van der Waals surface area contributed by atoms with E-state index in [1.807, 2.05) is 13.8 Å². The molecule has 1 aliphatic heterocycles. The molecule has 2 atom stereocenters. The summed E-state index contributed by atoms with van der Waals surface area (Å²) in [6.07, 6.45) is 2.42. The molecule has 0 unspecified atom stereocenters. The Kier molecular flexibility index (Phi) is 7.04. The minimum atomic E-state index is -2.58. The van der Waals surface area contributed by atoms with Gasteiger partial charge in [0.15, 0.2) is 0 Å². The minimum Gasteiger partial charge on any atom is -0.407 e. The zero-order valence-corrected chi connectivity index (χ0v) is 20.6. The van der Waals surface area contributed by atoms with Crippen molar-refractivity contribution in [3.63, 3.8) is 0 Å². The molecule has 0 aliphatic carbocycles. The Morgan fingerprint density at radius 1 is 1.06 bits per heavy atom. The van der Waals surface area contributed by atoms with Crippen LogP contribution >= 0.6 is 0 Å². The van der Waals surface area contributed by atoms with Crippen molar-refractivity contribution in [3.8, 4) is 0 Å². The van der Waals surface area contributed by atoms with Gasteiger partial charge >= 0.3 is 0 Å². The first-order valence-electron chi connectivity index (χ1n) is 11.2. The van der Waals surface area contributed by atoms with Crippen LogP contribution in [0.15, 0.2) is 73.3 Å². The molecule has 1 fully saturated rings. The van der Waals surface area contributed by atoms with Gasteiger partial charge in [-0.2, -0.15) is 0 Å². The van der Waals surface area contributed by atoms with Gasteiger partial charge in [-0.15, -0.1) is 6.58 Å². The molecule has 0 N–H and O–H groups in total. The highest BCUT2D eigenvalue weighted by Crippen LogP contribution is 2.38. The predicted molar refractivity (Wildman–Crippen MR) is 130 cm³/mol. The molecule has 0 bridgehead atoms. The van der Waals surface area contributed by atoms with Crippen molar-refractivity contribution in [1.82, 2.24) is 0 Å². The van der Waals surface area contributed by atoms with Crippen LogP contribution in [0.3, 0.4) is 0 Å². The number of ether oxygens (including phenoxy) is 1. The lowest BCUT2D eigenvalue weighted by Crippen LogP contribution is -2.66. The molecule has 166 valence electrons. The highest BCUT2D eigenvalue weighted by Gasteiger charge is 2.50. The topological polar surface area (TPSA) is 35.5 Å². The summed E-state index contributed by atoms with van der Waals surface area (Å²) in [5.74, 6) is 0.235. The lowest BCUT2D eigenvalue weighted by molar-refractivity contribution is -0.155. The second-order valence-corrected chi connectivity index (χ2v) is 14.4. The minimum absolute atomic E-state index is 0.0713. The van der Waals surface area contributed by atoms with Crippen LogP contribution in [-0.2, 0) is 14.0 Å². The number of carbonyl (C=O) groups excluding carboxylic acids is 1. The van der Waals surface area contributed by atoms with Gasteiger partial charge in [-0.05, 0) is 21.8 Å². The molecule has 2 aromatic rings. The van der Waals surface area contributed by atoms with Crippen molar-refractivity contribution < 1.29 is 14.0 Å². The molecular weight excluding hydrogens is 400 g/mol. The van der Waals surface area contributed by atoms with E-state index in [0.29, 0.717) is 19.4 Å². The van der Waals surface area contributed by atoms with Crippen molar-refractivity contribution >= 4 is 24.5 Å². The maximum atomic E-state index is 12.7. The molecule has 1 aliphatic rings. The van der Waals surface area contributed by atoms with Gasteiger partial charge in [-0.1, -0.05) is 101 Å². The van der Waals surface area contributed by atoms with Crippen molar-refractivity contribution in [3.05, 3.63) is 73.3 Å². The molecule has 3 nitrogen and oxygen atoms in total. The molecule has 0 aromatic heterocycles. The Hall–Kier alpha value is -2.01. The Morgan fingerprint density at radius 3 is 2.03 bits per heavy atom. The standard InChI is InChI=1S/C27H36O3Si/c1-7-21-20-24(28)27(5,6)25(30-21)18-19-29-31(26(2,3)4,22-14-10-8-11-15-22)23-16-12-9-13-17-23/h7-17,21,25H,1,18-20H2,2-6H3/t21-,25-/m1/s1. The predicted octanol–water partition coefficient (Wildman–Crippen LogP) is 4.89. The molecule has 3 rings (SSSR count). The Labute approximate surface area is 188 Å². The van der Waals surface area contributed by atoms with Crippen LogP contribution in [0.5, 0.6) is 0 Å². The summed E-state index contributed by atoms with van der Waals surface area (Å²) in [6.45, 7) is 15.2. The van der Waals surface area contributed by atoms with E-state index in [9.17, 15) is 4.79 Å². The van der Waals surface area contributed by atoms with Crippen LogP contribution < -0.4 is 10.4 Å². The van der Waals surface area contributed by atoms with Gasteiger partial charge in [0, 0.05) is 18.4 Å². The summed E-state index contributed by atoms with van der Waals surface area (Å²) in [4.78, 5) is 12.7. The number of ketones is 1. The number of benzene rings is 2. The van der Waals surface area contributed by atoms with Gasteiger partial charge in [0.2, 0.25) is 0 Å². The molecular formula is C27H36O3Si. The summed E-state index contributed by atoms with van der Waals surface area (Å²) >= 11 is 0. The fourth-order valence-corrected chi connectivity index (χ4v) is 9.28. The van der Waals surface area contributed by atoms with Crippen LogP contribution in [-0.4, -0.2) is 32.9 Å². The summed E-state index contributed by atoms with van der Waals surface area (Å²) in [5, 5.41) is 2.45. The molecule has 0 radical (unpaired) electrons. The van der Waals surface area contributed by atoms with Gasteiger partial charge in [-0.3, -0.25) is 4.79 Å². The summed E-state index contributed by atoms with van der Waals surface area (Å²) in [7, 11) is -2.58. The zero-order chi connectivity index (χ0) is 22.7. The van der Waals surface area contributed by atoms with Crippen LogP contribution in [0.4, 0.5) is 0 Å². The first-order valence-corrected chi connectivity index (χ1v) is 13.1. The molecule has 0 saturated carbocycles. The van der Waals surface area contributed by atoms with Crippen LogP contribution in [0, 0.1) is 5.41 Å². The van der Waals surface area contributed by atoms with Gasteiger partial charge in [0.05, 0.1) is 12.2 Å². The van der Waals surface area contributed by atoms with E-state index in [1.165, 1.54) is 10.4 Å². The largest absolute Gasteiger partial charge is 0.407 e. The summed E-state index contributed by atoms with van der Waals surface area (Å²) in [6, 6.07) is 21.3. The van der Waals surface area contributed by atoms with Crippen LogP contribution in [0.25, 0.3) is 0 Å². The lowest BCUT2D eigenvalue weighted by Gasteiger charge is -2.44. The van der Waals surface area contributed by atoms with Gasteiger partial charge in [0.25, 0.3) is 8.32 Å². The van der Waals surface area contributed by atoms with Gasteiger partial charge < -0.3 is 9.16 Å². The Bertz CT molecular complexity index is 844. The fraction of sp³-hybridized carbons (Fsp3) is 0.444. The normalized spacial score (nSPS) is 21.6. The number of Topliss-reactive ketones (excluding diaryl/α,β-unsaturated/α-hetero) is 1. The molecule has 2 aromatic carbocycles. The van der Waals surface area contributed by atoms with E-state index in [-0.39, 0.29) is 23.0 Å². The number of hydrogen-bond donors (Lipinski definition) is 0. The van der Waals surface area contributed by atoms with Crippen molar-refractivity contribution in [2.45, 2.75) is 64.7 Å². The fourth-order valence-electron chi connectivity index (χ4n) is 4.70. The third kappa shape index (κ3) is 4.62. The summed E-state index contributed by atoms with van der Waals surface area (Å²) < 4.78 is 13.2. The second-order valence-electron chi connectivity index (χ2n) is 10.0. The van der Waals surface area contributed by atoms with Gasteiger partial charge in [-0.25, -0.2) is 0 Å². The zero-order valence-electron chi connectivity index (χ0n) is 19.6. The van der Waals surface area contributed by atoms with Gasteiger partial charge in [0.1, 0.15) is 5.78 Å². The number of rotatable bonds is 7. The van der Waals surface area contributed by atoms with Crippen molar-refractivity contribution in [2.24, 2.45) is 5.41 Å². The maximum Gasteiger partial charge on any atom is 0.261 e. The first kappa shape index (κ1) is 23.6. The molecule has 4 heteroatoms.